The molecule has 0 spiro atoms. The Morgan fingerprint density at radius 1 is 1.47 bits per heavy atom. The van der Waals surface area contributed by atoms with Crippen LogP contribution in [0.25, 0.3) is 0 Å². The number of carbonyl (C=O) groups excluding carboxylic acids is 1. The van der Waals surface area contributed by atoms with Gasteiger partial charge in [0, 0.05) is 12.2 Å². The van der Waals surface area contributed by atoms with Crippen molar-refractivity contribution in [1.82, 2.24) is 0 Å². The summed E-state index contributed by atoms with van der Waals surface area (Å²) in [7, 11) is 0. The minimum absolute atomic E-state index is 0.0278. The lowest BCUT2D eigenvalue weighted by Gasteiger charge is -2.11. The molecule has 3 nitrogen and oxygen atoms in total. The first-order chi connectivity index (χ1) is 8.13. The van der Waals surface area contributed by atoms with Gasteiger partial charge in [0.25, 0.3) is 0 Å². The summed E-state index contributed by atoms with van der Waals surface area (Å²) in [6, 6.07) is 6.11. The number of halogens is 2. The molecule has 1 aromatic rings. The van der Waals surface area contributed by atoms with Crippen molar-refractivity contribution in [2.45, 2.75) is 13.0 Å². The number of thioether (sulfide) groups is 1. The lowest BCUT2D eigenvalue weighted by molar-refractivity contribution is -0.115. The topological polar surface area (TPSA) is 38.3 Å². The molecule has 1 amide bonds. The molecule has 0 aliphatic rings. The van der Waals surface area contributed by atoms with Gasteiger partial charge in [-0.25, -0.2) is 0 Å². The quantitative estimate of drug-likeness (QED) is 0.855. The molecule has 0 atom stereocenters. The van der Waals surface area contributed by atoms with E-state index in [-0.39, 0.29) is 17.3 Å². The fourth-order valence-corrected chi connectivity index (χ4v) is 1.57. The zero-order valence-corrected chi connectivity index (χ0v) is 10.1. The summed E-state index contributed by atoms with van der Waals surface area (Å²) in [4.78, 5) is 11.4. The molecule has 0 aliphatic carbocycles. The number of rotatable bonds is 6. The lowest BCUT2D eigenvalue weighted by atomic mass is 10.3. The summed E-state index contributed by atoms with van der Waals surface area (Å²) < 4.78 is 28.5. The third kappa shape index (κ3) is 5.04. The first kappa shape index (κ1) is 13.8. The number of nitrogens with one attached hydrogen (secondary N) is 1. The number of hydrogen-bond donors (Lipinski definition) is 1. The predicted molar refractivity (Wildman–Crippen MR) is 64.7 cm³/mol. The second-order valence-electron chi connectivity index (χ2n) is 3.17. The van der Waals surface area contributed by atoms with Crippen LogP contribution >= 0.6 is 11.8 Å². The van der Waals surface area contributed by atoms with E-state index >= 15 is 0 Å². The van der Waals surface area contributed by atoms with Crippen LogP contribution in [0.3, 0.4) is 0 Å². The highest BCUT2D eigenvalue weighted by atomic mass is 32.2. The van der Waals surface area contributed by atoms with E-state index in [1.165, 1.54) is 12.1 Å². The number of carbonyl (C=O) groups is 1. The molecule has 0 bridgehead atoms. The standard InChI is InChI=1S/C11H13F2NO2S/c1-17-7-6-10(15)14-8-4-2-3-5-9(8)16-11(12)13/h2-5,11H,6-7H2,1H3,(H,14,15). The molecular weight excluding hydrogens is 248 g/mol. The van der Waals surface area contributed by atoms with Crippen LogP contribution in [-0.2, 0) is 4.79 Å². The van der Waals surface area contributed by atoms with Crippen LogP contribution in [0.1, 0.15) is 6.42 Å². The highest BCUT2D eigenvalue weighted by molar-refractivity contribution is 7.98. The van der Waals surface area contributed by atoms with Crippen LogP contribution in [0.2, 0.25) is 0 Å². The van der Waals surface area contributed by atoms with E-state index in [4.69, 9.17) is 0 Å². The third-order valence-corrected chi connectivity index (χ3v) is 2.52. The van der Waals surface area contributed by atoms with Gasteiger partial charge in [-0.05, 0) is 18.4 Å². The second-order valence-corrected chi connectivity index (χ2v) is 4.15. The molecule has 17 heavy (non-hydrogen) atoms. The highest BCUT2D eigenvalue weighted by Gasteiger charge is 2.10. The van der Waals surface area contributed by atoms with Crippen LogP contribution in [0.15, 0.2) is 24.3 Å². The number of anilines is 1. The minimum Gasteiger partial charge on any atom is -0.433 e. The van der Waals surface area contributed by atoms with Gasteiger partial charge < -0.3 is 10.1 Å². The molecule has 1 aromatic carbocycles. The second kappa shape index (κ2) is 7.11. The van der Waals surface area contributed by atoms with E-state index in [1.54, 1.807) is 23.9 Å². The Kier molecular flexibility index (Phi) is 5.76. The Morgan fingerprint density at radius 2 is 2.18 bits per heavy atom. The van der Waals surface area contributed by atoms with Crippen molar-refractivity contribution in [2.24, 2.45) is 0 Å². The van der Waals surface area contributed by atoms with Gasteiger partial charge in [0.1, 0.15) is 5.75 Å². The Bertz CT molecular complexity index is 374. The molecule has 6 heteroatoms. The average Bonchev–Trinajstić information content (AvgIpc) is 2.28. The van der Waals surface area contributed by atoms with Crippen molar-refractivity contribution in [2.75, 3.05) is 17.3 Å². The van der Waals surface area contributed by atoms with Crippen LogP contribution in [0.4, 0.5) is 14.5 Å². The zero-order valence-electron chi connectivity index (χ0n) is 9.28. The molecule has 0 unspecified atom stereocenters. The molecule has 0 saturated carbocycles. The van der Waals surface area contributed by atoms with Crippen molar-refractivity contribution in [1.29, 1.82) is 0 Å². The van der Waals surface area contributed by atoms with Gasteiger partial charge in [-0.1, -0.05) is 12.1 Å². The summed E-state index contributed by atoms with van der Waals surface area (Å²) in [6.45, 7) is -2.90. The normalized spacial score (nSPS) is 10.4. The summed E-state index contributed by atoms with van der Waals surface area (Å²) in [5.41, 5.74) is 0.263. The molecule has 0 radical (unpaired) electrons. The van der Waals surface area contributed by atoms with Gasteiger partial charge in [0.15, 0.2) is 0 Å². The largest absolute Gasteiger partial charge is 0.433 e. The average molecular weight is 261 g/mol. The third-order valence-electron chi connectivity index (χ3n) is 1.91. The number of benzene rings is 1. The smallest absolute Gasteiger partial charge is 0.387 e. The maximum atomic E-state index is 12.1. The summed E-state index contributed by atoms with van der Waals surface area (Å²) in [5.74, 6) is 0.439. The van der Waals surface area contributed by atoms with Crippen molar-refractivity contribution >= 4 is 23.4 Å². The van der Waals surface area contributed by atoms with E-state index in [9.17, 15) is 13.6 Å². The highest BCUT2D eigenvalue weighted by Crippen LogP contribution is 2.25. The number of alkyl halides is 2. The molecule has 1 rings (SSSR count). The summed E-state index contributed by atoms with van der Waals surface area (Å²) in [6.07, 6.45) is 2.23. The van der Waals surface area contributed by atoms with Crippen LogP contribution < -0.4 is 10.1 Å². The van der Waals surface area contributed by atoms with E-state index < -0.39 is 6.61 Å². The minimum atomic E-state index is -2.90. The molecule has 0 fully saturated rings. The Balaban J connectivity index is 2.66. The molecule has 1 N–H and O–H groups in total. The first-order valence-corrected chi connectivity index (χ1v) is 6.35. The Morgan fingerprint density at radius 3 is 2.82 bits per heavy atom. The van der Waals surface area contributed by atoms with Crippen LogP contribution in [-0.4, -0.2) is 24.5 Å². The van der Waals surface area contributed by atoms with Crippen molar-refractivity contribution in [3.63, 3.8) is 0 Å². The monoisotopic (exact) mass is 261 g/mol. The number of amides is 1. The maximum absolute atomic E-state index is 12.1. The molecule has 0 saturated heterocycles. The van der Waals surface area contributed by atoms with E-state index in [0.717, 1.165) is 0 Å². The van der Waals surface area contributed by atoms with Gasteiger partial charge in [0.05, 0.1) is 5.69 Å². The number of hydrogen-bond acceptors (Lipinski definition) is 3. The molecular formula is C11H13F2NO2S. The van der Waals surface area contributed by atoms with Gasteiger partial charge in [-0.3, -0.25) is 4.79 Å². The molecule has 0 aromatic heterocycles. The van der Waals surface area contributed by atoms with Gasteiger partial charge >= 0.3 is 6.61 Å². The van der Waals surface area contributed by atoms with Gasteiger partial charge in [-0.2, -0.15) is 20.5 Å². The molecule has 0 aliphatic heterocycles. The molecule has 94 valence electrons. The van der Waals surface area contributed by atoms with E-state index in [2.05, 4.69) is 10.1 Å². The SMILES string of the molecule is CSCCC(=O)Nc1ccccc1OC(F)F. The van der Waals surface area contributed by atoms with E-state index in [0.29, 0.717) is 12.2 Å². The van der Waals surface area contributed by atoms with Gasteiger partial charge in [-0.15, -0.1) is 0 Å². The number of para-hydroxylation sites is 2. The lowest BCUT2D eigenvalue weighted by Crippen LogP contribution is -2.14. The Hall–Kier alpha value is -1.30. The summed E-state index contributed by atoms with van der Waals surface area (Å²) in [5, 5.41) is 2.54. The fourth-order valence-electron chi connectivity index (χ4n) is 1.18. The van der Waals surface area contributed by atoms with E-state index in [1.807, 2.05) is 6.26 Å². The zero-order chi connectivity index (χ0) is 12.7. The maximum Gasteiger partial charge on any atom is 0.387 e. The van der Waals surface area contributed by atoms with Crippen molar-refractivity contribution in [3.8, 4) is 5.75 Å². The fraction of sp³-hybridized carbons (Fsp3) is 0.364. The summed E-state index contributed by atoms with van der Waals surface area (Å²) >= 11 is 1.54. The predicted octanol–water partition coefficient (Wildman–Crippen LogP) is 2.98. The van der Waals surface area contributed by atoms with Crippen LogP contribution in [0.5, 0.6) is 5.75 Å². The van der Waals surface area contributed by atoms with Gasteiger partial charge in [0.2, 0.25) is 5.91 Å². The van der Waals surface area contributed by atoms with Crippen LogP contribution in [0, 0.1) is 0 Å². The first-order valence-electron chi connectivity index (χ1n) is 4.96. The van der Waals surface area contributed by atoms with Crippen molar-refractivity contribution < 1.29 is 18.3 Å². The Labute approximate surface area is 103 Å². The number of ether oxygens (including phenoxy) is 1. The molecule has 0 heterocycles. The van der Waals surface area contributed by atoms with Crippen molar-refractivity contribution in [3.05, 3.63) is 24.3 Å².